The van der Waals surface area contributed by atoms with Crippen molar-refractivity contribution in [3.05, 3.63) is 0 Å². The minimum atomic E-state index is -0.0888. The van der Waals surface area contributed by atoms with Crippen molar-refractivity contribution in [2.45, 2.75) is 26.2 Å². The zero-order valence-corrected chi connectivity index (χ0v) is 8.71. The van der Waals surface area contributed by atoms with E-state index in [1.54, 1.807) is 0 Å². The van der Waals surface area contributed by atoms with E-state index >= 15 is 0 Å². The summed E-state index contributed by atoms with van der Waals surface area (Å²) in [6.07, 6.45) is 3.14. The molecule has 0 aliphatic carbocycles. The molecule has 4 N–H and O–H groups in total. The molecule has 1 saturated heterocycles. The summed E-state index contributed by atoms with van der Waals surface area (Å²) in [5.74, 6) is -0.0888. The first-order valence-electron chi connectivity index (χ1n) is 5.10. The molecule has 0 saturated carbocycles. The van der Waals surface area contributed by atoms with Gasteiger partial charge in [-0.05, 0) is 25.9 Å². The molecule has 0 atom stereocenters. The Hall–Kier alpha value is -1.10. The van der Waals surface area contributed by atoms with Crippen molar-refractivity contribution in [1.82, 2.24) is 10.3 Å². The summed E-state index contributed by atoms with van der Waals surface area (Å²) in [5.41, 5.74) is 8.78. The molecule has 0 bridgehead atoms. The molecule has 5 heteroatoms. The topological polar surface area (TPSA) is 77.5 Å². The molecule has 1 aliphatic heterocycles. The number of nitrogens with two attached hydrogens (primary N) is 1. The van der Waals surface area contributed by atoms with Gasteiger partial charge in [-0.25, -0.2) is 5.43 Å². The highest BCUT2D eigenvalue weighted by molar-refractivity contribution is 5.86. The number of hydrogen-bond donors (Lipinski definition) is 3. The maximum Gasteiger partial charge on any atom is 0.206 e. The second kappa shape index (κ2) is 5.59. The molecule has 1 aliphatic rings. The molecule has 0 unspecified atom stereocenters. The molecule has 0 aromatic carbocycles. The predicted octanol–water partition coefficient (Wildman–Crippen LogP) is 0.331. The number of hydrogen-bond acceptors (Lipinski definition) is 3. The summed E-state index contributed by atoms with van der Waals surface area (Å²) in [7, 11) is 0. The van der Waals surface area contributed by atoms with Crippen LogP contribution in [0.25, 0.3) is 0 Å². The van der Waals surface area contributed by atoms with E-state index in [1.807, 2.05) is 0 Å². The maximum absolute atomic E-state index is 6.99. The van der Waals surface area contributed by atoms with E-state index in [1.165, 1.54) is 0 Å². The van der Waals surface area contributed by atoms with Crippen LogP contribution in [0.2, 0.25) is 0 Å². The van der Waals surface area contributed by atoms with E-state index in [9.17, 15) is 0 Å². The first kappa shape index (κ1) is 11.0. The standard InChI is InChI=1S/C9H19N5/c1-2-14-6-3-4-8(5-7-14)12-13-9(10)11/h2-7H2,1H3,(H4,10,11,13). The van der Waals surface area contributed by atoms with Crippen LogP contribution in [-0.4, -0.2) is 36.2 Å². The van der Waals surface area contributed by atoms with Crippen LogP contribution >= 0.6 is 0 Å². The van der Waals surface area contributed by atoms with E-state index in [0.717, 1.165) is 44.6 Å². The van der Waals surface area contributed by atoms with Gasteiger partial charge in [-0.1, -0.05) is 6.92 Å². The minimum Gasteiger partial charge on any atom is -0.369 e. The summed E-state index contributed by atoms with van der Waals surface area (Å²) < 4.78 is 0. The first-order chi connectivity index (χ1) is 6.72. The van der Waals surface area contributed by atoms with Crippen molar-refractivity contribution in [1.29, 1.82) is 5.41 Å². The van der Waals surface area contributed by atoms with Crippen LogP contribution in [0.3, 0.4) is 0 Å². The molecule has 80 valence electrons. The molecular weight excluding hydrogens is 178 g/mol. The Labute approximate surface area is 84.9 Å². The number of nitrogens with zero attached hydrogens (tertiary/aromatic N) is 2. The van der Waals surface area contributed by atoms with Gasteiger partial charge in [0.25, 0.3) is 0 Å². The Morgan fingerprint density at radius 2 is 2.36 bits per heavy atom. The fraction of sp³-hybridized carbons (Fsp3) is 0.778. The number of guanidine groups is 1. The molecule has 1 fully saturated rings. The van der Waals surface area contributed by atoms with E-state index < -0.39 is 0 Å². The van der Waals surface area contributed by atoms with Gasteiger partial charge in [-0.15, -0.1) is 0 Å². The fourth-order valence-electron chi connectivity index (χ4n) is 1.60. The quantitative estimate of drug-likeness (QED) is 0.339. The van der Waals surface area contributed by atoms with Crippen LogP contribution in [0.4, 0.5) is 0 Å². The van der Waals surface area contributed by atoms with Gasteiger partial charge in [0.2, 0.25) is 5.96 Å². The Bertz CT molecular complexity index is 223. The molecule has 0 aromatic rings. The van der Waals surface area contributed by atoms with Gasteiger partial charge < -0.3 is 10.6 Å². The number of nitrogens with one attached hydrogen (secondary N) is 2. The van der Waals surface area contributed by atoms with Crippen molar-refractivity contribution < 1.29 is 0 Å². The smallest absolute Gasteiger partial charge is 0.206 e. The van der Waals surface area contributed by atoms with Gasteiger partial charge in [-0.3, -0.25) is 5.41 Å². The van der Waals surface area contributed by atoms with E-state index in [2.05, 4.69) is 22.4 Å². The molecule has 1 heterocycles. The molecule has 0 radical (unpaired) electrons. The minimum absolute atomic E-state index is 0.0888. The second-order valence-electron chi connectivity index (χ2n) is 3.49. The lowest BCUT2D eigenvalue weighted by Crippen LogP contribution is -2.27. The molecule has 5 nitrogen and oxygen atoms in total. The Balaban J connectivity index is 2.41. The van der Waals surface area contributed by atoms with Crippen LogP contribution in [-0.2, 0) is 0 Å². The highest BCUT2D eigenvalue weighted by atomic mass is 15.3. The van der Waals surface area contributed by atoms with Crippen molar-refractivity contribution in [2.24, 2.45) is 10.8 Å². The Morgan fingerprint density at radius 1 is 1.57 bits per heavy atom. The summed E-state index contributed by atoms with van der Waals surface area (Å²) in [4.78, 5) is 2.41. The van der Waals surface area contributed by atoms with E-state index in [-0.39, 0.29) is 5.96 Å². The van der Waals surface area contributed by atoms with Gasteiger partial charge in [0.15, 0.2) is 0 Å². The SMILES string of the molecule is CCN1CCCC(=NNC(=N)N)CC1. The van der Waals surface area contributed by atoms with E-state index in [0.29, 0.717) is 0 Å². The average molecular weight is 197 g/mol. The fourth-order valence-corrected chi connectivity index (χ4v) is 1.60. The maximum atomic E-state index is 6.99. The average Bonchev–Trinajstić information content (AvgIpc) is 2.39. The van der Waals surface area contributed by atoms with Gasteiger partial charge in [0.05, 0.1) is 0 Å². The van der Waals surface area contributed by atoms with Crippen LogP contribution in [0.5, 0.6) is 0 Å². The lowest BCUT2D eigenvalue weighted by atomic mass is 10.2. The lowest BCUT2D eigenvalue weighted by molar-refractivity contribution is 0.303. The third-order valence-corrected chi connectivity index (χ3v) is 2.44. The van der Waals surface area contributed by atoms with Crippen LogP contribution < -0.4 is 11.2 Å². The largest absolute Gasteiger partial charge is 0.369 e. The lowest BCUT2D eigenvalue weighted by Gasteiger charge is -2.15. The molecule has 1 rings (SSSR count). The molecule has 0 aromatic heterocycles. The molecular formula is C9H19N5. The summed E-state index contributed by atoms with van der Waals surface area (Å²) in [6.45, 7) is 5.49. The van der Waals surface area contributed by atoms with Crippen molar-refractivity contribution >= 4 is 11.7 Å². The third-order valence-electron chi connectivity index (χ3n) is 2.44. The zero-order valence-electron chi connectivity index (χ0n) is 8.71. The predicted molar refractivity (Wildman–Crippen MR) is 58.4 cm³/mol. The normalized spacial score (nSPS) is 21.9. The van der Waals surface area contributed by atoms with Crippen molar-refractivity contribution in [3.63, 3.8) is 0 Å². The third kappa shape index (κ3) is 3.74. The second-order valence-corrected chi connectivity index (χ2v) is 3.49. The number of hydrazone groups is 1. The number of rotatable bonds is 2. The van der Waals surface area contributed by atoms with Crippen molar-refractivity contribution in [2.75, 3.05) is 19.6 Å². The Kier molecular flexibility index (Phi) is 4.39. The van der Waals surface area contributed by atoms with Crippen LogP contribution in [0, 0.1) is 5.41 Å². The van der Waals surface area contributed by atoms with Crippen LogP contribution in [0.1, 0.15) is 26.2 Å². The van der Waals surface area contributed by atoms with Gasteiger partial charge >= 0.3 is 0 Å². The Morgan fingerprint density at radius 3 is 3.00 bits per heavy atom. The highest BCUT2D eigenvalue weighted by Crippen LogP contribution is 2.07. The van der Waals surface area contributed by atoms with Gasteiger partial charge in [0.1, 0.15) is 0 Å². The van der Waals surface area contributed by atoms with Gasteiger partial charge in [0, 0.05) is 18.7 Å². The van der Waals surface area contributed by atoms with E-state index in [4.69, 9.17) is 11.1 Å². The molecule has 14 heavy (non-hydrogen) atoms. The zero-order chi connectivity index (χ0) is 10.4. The number of likely N-dealkylation sites (tertiary alicyclic amines) is 1. The van der Waals surface area contributed by atoms with Crippen molar-refractivity contribution in [3.8, 4) is 0 Å². The summed E-state index contributed by atoms with van der Waals surface area (Å²) in [6, 6.07) is 0. The monoisotopic (exact) mass is 197 g/mol. The van der Waals surface area contributed by atoms with Gasteiger partial charge in [-0.2, -0.15) is 5.10 Å². The molecule has 0 spiro atoms. The molecule has 0 amide bonds. The highest BCUT2D eigenvalue weighted by Gasteiger charge is 2.10. The van der Waals surface area contributed by atoms with Crippen LogP contribution in [0.15, 0.2) is 5.10 Å². The summed E-state index contributed by atoms with van der Waals surface area (Å²) in [5, 5.41) is 11.1. The summed E-state index contributed by atoms with van der Waals surface area (Å²) >= 11 is 0. The first-order valence-corrected chi connectivity index (χ1v) is 5.10.